The van der Waals surface area contributed by atoms with E-state index in [-0.39, 0.29) is 23.4 Å². The fourth-order valence-electron chi connectivity index (χ4n) is 4.03. The summed E-state index contributed by atoms with van der Waals surface area (Å²) in [5.74, 6) is -2.11. The van der Waals surface area contributed by atoms with Gasteiger partial charge in [0.15, 0.2) is 11.4 Å². The van der Waals surface area contributed by atoms with E-state index in [1.807, 2.05) is 60.7 Å². The van der Waals surface area contributed by atoms with Crippen molar-refractivity contribution in [1.82, 2.24) is 14.9 Å². The summed E-state index contributed by atoms with van der Waals surface area (Å²) in [6.07, 6.45) is 1.72. The summed E-state index contributed by atoms with van der Waals surface area (Å²) >= 11 is 0. The monoisotopic (exact) mass is 471 g/mol. The zero-order valence-corrected chi connectivity index (χ0v) is 19.1. The minimum Gasteiger partial charge on any atom is -0.505 e. The van der Waals surface area contributed by atoms with Crippen LogP contribution >= 0.6 is 0 Å². The number of carboxylic acids is 1. The number of hydrogen-bond donors (Lipinski definition) is 3. The van der Waals surface area contributed by atoms with Gasteiger partial charge in [-0.3, -0.25) is 14.4 Å². The molecule has 0 spiro atoms. The topological polar surface area (TPSA) is 122 Å². The second-order valence-corrected chi connectivity index (χ2v) is 8.34. The highest BCUT2D eigenvalue weighted by Crippen LogP contribution is 2.30. The van der Waals surface area contributed by atoms with Crippen LogP contribution in [0.1, 0.15) is 29.4 Å². The number of aromatic hydroxyl groups is 1. The summed E-state index contributed by atoms with van der Waals surface area (Å²) < 4.78 is 1.56. The summed E-state index contributed by atoms with van der Waals surface area (Å²) in [5.41, 5.74) is 2.06. The van der Waals surface area contributed by atoms with Crippen LogP contribution in [0.25, 0.3) is 22.0 Å². The van der Waals surface area contributed by atoms with E-state index in [9.17, 15) is 19.5 Å². The Morgan fingerprint density at radius 1 is 1.06 bits per heavy atom. The highest BCUT2D eigenvalue weighted by Gasteiger charge is 2.21. The number of benzene rings is 2. The number of carbonyl (C=O) groups excluding carboxylic acids is 1. The number of hydrogen-bond acceptors (Lipinski definition) is 5. The molecule has 1 unspecified atom stereocenters. The van der Waals surface area contributed by atoms with E-state index >= 15 is 0 Å². The van der Waals surface area contributed by atoms with Crippen molar-refractivity contribution in [2.45, 2.75) is 32.4 Å². The molecule has 178 valence electrons. The van der Waals surface area contributed by atoms with Gasteiger partial charge >= 0.3 is 5.97 Å². The van der Waals surface area contributed by atoms with Crippen LogP contribution in [0.5, 0.6) is 5.75 Å². The van der Waals surface area contributed by atoms with E-state index in [1.54, 1.807) is 17.6 Å². The number of carbonyl (C=O) groups is 2. The van der Waals surface area contributed by atoms with Gasteiger partial charge in [-0.2, -0.15) is 0 Å². The molecule has 2 aromatic heterocycles. The van der Waals surface area contributed by atoms with Gasteiger partial charge in [0.05, 0.1) is 18.1 Å². The van der Waals surface area contributed by atoms with Gasteiger partial charge in [0.1, 0.15) is 0 Å². The van der Waals surface area contributed by atoms with Gasteiger partial charge in [-0.1, -0.05) is 60.7 Å². The van der Waals surface area contributed by atoms with Gasteiger partial charge in [0.25, 0.3) is 11.5 Å². The van der Waals surface area contributed by atoms with Crippen LogP contribution < -0.4 is 10.9 Å². The van der Waals surface area contributed by atoms with Crippen LogP contribution in [-0.4, -0.2) is 37.7 Å². The summed E-state index contributed by atoms with van der Waals surface area (Å²) in [5, 5.41) is 22.8. The Labute approximate surface area is 201 Å². The maximum Gasteiger partial charge on any atom is 0.305 e. The molecule has 0 aliphatic carbocycles. The second-order valence-electron chi connectivity index (χ2n) is 8.34. The molecule has 0 radical (unpaired) electrons. The number of aryl methyl sites for hydroxylation is 2. The normalized spacial score (nSPS) is 11.8. The van der Waals surface area contributed by atoms with Crippen LogP contribution in [0.4, 0.5) is 0 Å². The molecule has 2 aromatic carbocycles. The maximum atomic E-state index is 13.5. The lowest BCUT2D eigenvalue weighted by atomic mass is 10.0. The van der Waals surface area contributed by atoms with Crippen molar-refractivity contribution in [3.05, 3.63) is 94.5 Å². The lowest BCUT2D eigenvalue weighted by Gasteiger charge is -2.16. The molecule has 0 aliphatic rings. The van der Waals surface area contributed by atoms with E-state index in [0.717, 1.165) is 5.56 Å². The molecule has 8 nitrogen and oxygen atoms in total. The summed E-state index contributed by atoms with van der Waals surface area (Å²) in [6.45, 7) is 1.90. The molecule has 4 rings (SSSR count). The number of nitrogens with one attached hydrogen (secondary N) is 1. The number of rotatable bonds is 8. The standard InChI is InChI=1S/C27H25N3O5/c1-17(14-23(31)32)29-26(34)24-25(33)21-15-20(19-10-6-3-7-11-19)27(35)30(22(21)16-28-24)13-12-18-8-4-2-5-9-18/h2-11,15-17,33H,12-14H2,1H3,(H,29,34)(H,31,32). The Kier molecular flexibility index (Phi) is 6.91. The smallest absolute Gasteiger partial charge is 0.305 e. The number of aliphatic carboxylic acids is 1. The average Bonchev–Trinajstić information content (AvgIpc) is 2.84. The molecule has 8 heteroatoms. The van der Waals surface area contributed by atoms with Gasteiger partial charge in [0, 0.05) is 23.5 Å². The fourth-order valence-corrected chi connectivity index (χ4v) is 4.03. The Morgan fingerprint density at radius 3 is 2.37 bits per heavy atom. The first-order chi connectivity index (χ1) is 16.8. The highest BCUT2D eigenvalue weighted by molar-refractivity contribution is 6.01. The van der Waals surface area contributed by atoms with Gasteiger partial charge in [-0.25, -0.2) is 4.98 Å². The molecule has 3 N–H and O–H groups in total. The van der Waals surface area contributed by atoms with E-state index in [1.165, 1.54) is 6.20 Å². The average molecular weight is 472 g/mol. The molecule has 35 heavy (non-hydrogen) atoms. The third kappa shape index (κ3) is 5.22. The number of fused-ring (bicyclic) bond motifs is 1. The Hall–Kier alpha value is -4.46. The lowest BCUT2D eigenvalue weighted by molar-refractivity contribution is -0.137. The van der Waals surface area contributed by atoms with Crippen LogP contribution in [0.2, 0.25) is 0 Å². The molecule has 0 fully saturated rings. The van der Waals surface area contributed by atoms with E-state index < -0.39 is 17.9 Å². The number of amides is 1. The zero-order chi connectivity index (χ0) is 24.9. The Bertz CT molecular complexity index is 1430. The van der Waals surface area contributed by atoms with Crippen molar-refractivity contribution in [1.29, 1.82) is 0 Å². The maximum absolute atomic E-state index is 13.5. The second kappa shape index (κ2) is 10.2. The highest BCUT2D eigenvalue weighted by atomic mass is 16.4. The first kappa shape index (κ1) is 23.7. The fraction of sp³-hybridized carbons (Fsp3) is 0.185. The molecule has 0 bridgehead atoms. The molecular weight excluding hydrogens is 446 g/mol. The first-order valence-electron chi connectivity index (χ1n) is 11.2. The third-order valence-electron chi connectivity index (χ3n) is 5.75. The van der Waals surface area contributed by atoms with E-state index in [4.69, 9.17) is 5.11 Å². The Balaban J connectivity index is 1.82. The predicted octanol–water partition coefficient (Wildman–Crippen LogP) is 3.60. The van der Waals surface area contributed by atoms with Crippen molar-refractivity contribution in [2.24, 2.45) is 0 Å². The number of aromatic nitrogens is 2. The summed E-state index contributed by atoms with van der Waals surface area (Å²) in [4.78, 5) is 41.3. The predicted molar refractivity (Wildman–Crippen MR) is 132 cm³/mol. The van der Waals surface area contributed by atoms with E-state index in [0.29, 0.717) is 35.0 Å². The van der Waals surface area contributed by atoms with Gasteiger partial charge in [0.2, 0.25) is 0 Å². The van der Waals surface area contributed by atoms with Crippen molar-refractivity contribution < 1.29 is 19.8 Å². The summed E-state index contributed by atoms with van der Waals surface area (Å²) in [6, 6.07) is 19.8. The summed E-state index contributed by atoms with van der Waals surface area (Å²) in [7, 11) is 0. The van der Waals surface area contributed by atoms with Crippen molar-refractivity contribution in [2.75, 3.05) is 0 Å². The molecule has 4 aromatic rings. The lowest BCUT2D eigenvalue weighted by Crippen LogP contribution is -2.34. The molecule has 2 heterocycles. The van der Waals surface area contributed by atoms with Gasteiger partial charge in [-0.05, 0) is 30.5 Å². The van der Waals surface area contributed by atoms with Gasteiger partial charge in [-0.15, -0.1) is 0 Å². The van der Waals surface area contributed by atoms with Crippen LogP contribution in [0.3, 0.4) is 0 Å². The SMILES string of the molecule is CC(CC(=O)O)NC(=O)c1ncc2c(cc(-c3ccccc3)c(=O)n2CCc2ccccc2)c1O. The van der Waals surface area contributed by atoms with Crippen molar-refractivity contribution >= 4 is 22.8 Å². The largest absolute Gasteiger partial charge is 0.505 e. The molecule has 1 atom stereocenters. The number of carboxylic acid groups (broad SMARTS) is 1. The van der Waals surface area contributed by atoms with Crippen LogP contribution in [-0.2, 0) is 17.8 Å². The molecule has 0 saturated carbocycles. The number of pyridine rings is 2. The van der Waals surface area contributed by atoms with E-state index in [2.05, 4.69) is 10.3 Å². The third-order valence-corrected chi connectivity index (χ3v) is 5.75. The van der Waals surface area contributed by atoms with Crippen molar-refractivity contribution in [3.63, 3.8) is 0 Å². The minimum atomic E-state index is -1.05. The Morgan fingerprint density at radius 2 is 1.71 bits per heavy atom. The zero-order valence-electron chi connectivity index (χ0n) is 19.1. The van der Waals surface area contributed by atoms with Gasteiger partial charge < -0.3 is 20.1 Å². The van der Waals surface area contributed by atoms with Crippen LogP contribution in [0, 0.1) is 0 Å². The molecule has 1 amide bonds. The quantitative estimate of drug-likeness (QED) is 0.361. The van der Waals surface area contributed by atoms with Crippen molar-refractivity contribution in [3.8, 4) is 16.9 Å². The first-order valence-corrected chi connectivity index (χ1v) is 11.2. The number of nitrogens with zero attached hydrogens (tertiary/aromatic N) is 2. The minimum absolute atomic E-state index is 0.229. The van der Waals surface area contributed by atoms with Crippen LogP contribution in [0.15, 0.2) is 77.7 Å². The molecule has 0 aliphatic heterocycles. The molecule has 0 saturated heterocycles. The molecular formula is C27H25N3O5.